The van der Waals surface area contributed by atoms with Crippen LogP contribution in [0, 0.1) is 5.82 Å². The smallest absolute Gasteiger partial charge is 0.163 e. The number of ether oxygens (including phenoxy) is 1. The van der Waals surface area contributed by atoms with Crippen LogP contribution >= 0.6 is 11.8 Å². The third-order valence-corrected chi connectivity index (χ3v) is 2.76. The van der Waals surface area contributed by atoms with Gasteiger partial charge in [-0.1, -0.05) is 11.5 Å². The molecule has 0 spiro atoms. The quantitative estimate of drug-likeness (QED) is 0.462. The van der Waals surface area contributed by atoms with Gasteiger partial charge in [0.15, 0.2) is 6.29 Å². The Balaban J connectivity index is 2.47. The number of benzene rings is 1. The Bertz CT molecular complexity index is 322. The molecule has 0 aliphatic carbocycles. The van der Waals surface area contributed by atoms with Crippen LogP contribution in [0.2, 0.25) is 0 Å². The van der Waals surface area contributed by atoms with Crippen molar-refractivity contribution >= 4 is 25.1 Å². The molecule has 0 bridgehead atoms. The Morgan fingerprint density at radius 2 is 2.33 bits per heavy atom. The van der Waals surface area contributed by atoms with Crippen LogP contribution in [0.5, 0.6) is 0 Å². The zero-order valence-corrected chi connectivity index (χ0v) is 9.26. The first-order chi connectivity index (χ1) is 7.13. The van der Waals surface area contributed by atoms with Gasteiger partial charge in [0.2, 0.25) is 0 Å². The Hall–Kier alpha value is -0.515. The van der Waals surface area contributed by atoms with Gasteiger partial charge in [0, 0.05) is 17.3 Å². The van der Waals surface area contributed by atoms with Crippen LogP contribution in [0.15, 0.2) is 23.1 Å². The van der Waals surface area contributed by atoms with Crippen molar-refractivity contribution < 1.29 is 14.2 Å². The Labute approximate surface area is 94.2 Å². The number of aliphatic hydroxyl groups excluding tert-OH is 1. The van der Waals surface area contributed by atoms with Gasteiger partial charge in [-0.05, 0) is 19.1 Å². The first-order valence-electron chi connectivity index (χ1n) is 4.61. The molecule has 15 heavy (non-hydrogen) atoms. The topological polar surface area (TPSA) is 29.5 Å². The molecule has 1 aromatic carbocycles. The Morgan fingerprint density at radius 1 is 1.60 bits per heavy atom. The fourth-order valence-electron chi connectivity index (χ4n) is 1.01. The van der Waals surface area contributed by atoms with Crippen LogP contribution in [0.4, 0.5) is 4.39 Å². The Morgan fingerprint density at radius 3 is 2.93 bits per heavy atom. The standard InChI is InChI=1S/C10H12BFO2S/c1-2-14-10(13)6-15-7-3-4-8(11)9(12)5-7/h3-5,10,13H,2,6H2,1H3. The van der Waals surface area contributed by atoms with Gasteiger partial charge in [-0.15, -0.1) is 11.8 Å². The summed E-state index contributed by atoms with van der Waals surface area (Å²) < 4.78 is 18.0. The lowest BCUT2D eigenvalue weighted by molar-refractivity contribution is -0.0764. The van der Waals surface area contributed by atoms with Crippen molar-refractivity contribution in [3.63, 3.8) is 0 Å². The highest BCUT2D eigenvalue weighted by atomic mass is 32.2. The van der Waals surface area contributed by atoms with E-state index in [-0.39, 0.29) is 5.46 Å². The van der Waals surface area contributed by atoms with Gasteiger partial charge in [-0.2, -0.15) is 0 Å². The maximum absolute atomic E-state index is 13.0. The molecule has 0 saturated heterocycles. The van der Waals surface area contributed by atoms with E-state index in [0.29, 0.717) is 12.4 Å². The molecule has 0 saturated carbocycles. The monoisotopic (exact) mass is 226 g/mol. The highest BCUT2D eigenvalue weighted by molar-refractivity contribution is 7.99. The Kier molecular flexibility index (Phi) is 5.15. The zero-order chi connectivity index (χ0) is 11.3. The third kappa shape index (κ3) is 4.24. The van der Waals surface area contributed by atoms with E-state index in [1.54, 1.807) is 13.0 Å². The average molecular weight is 226 g/mol. The van der Waals surface area contributed by atoms with Crippen LogP contribution in [0.3, 0.4) is 0 Å². The number of hydrogen-bond donors (Lipinski definition) is 1. The normalized spacial score (nSPS) is 12.7. The minimum atomic E-state index is -0.819. The molecule has 1 N–H and O–H groups in total. The summed E-state index contributed by atoms with van der Waals surface area (Å²) in [7, 11) is 5.33. The maximum Gasteiger partial charge on any atom is 0.163 e. The van der Waals surface area contributed by atoms with E-state index >= 15 is 0 Å². The number of aliphatic hydroxyl groups is 1. The minimum Gasteiger partial charge on any atom is -0.367 e. The summed E-state index contributed by atoms with van der Waals surface area (Å²) in [5.74, 6) is -0.0668. The minimum absolute atomic E-state index is 0.129. The molecule has 1 rings (SSSR count). The summed E-state index contributed by atoms with van der Waals surface area (Å²) in [5, 5.41) is 9.27. The first kappa shape index (κ1) is 12.6. The average Bonchev–Trinajstić information content (AvgIpc) is 2.20. The molecule has 0 aliphatic heterocycles. The molecule has 1 atom stereocenters. The van der Waals surface area contributed by atoms with E-state index in [1.165, 1.54) is 23.9 Å². The van der Waals surface area contributed by atoms with Crippen LogP contribution in [-0.4, -0.2) is 31.6 Å². The highest BCUT2D eigenvalue weighted by Gasteiger charge is 2.05. The lowest BCUT2D eigenvalue weighted by Gasteiger charge is -2.10. The van der Waals surface area contributed by atoms with Gasteiger partial charge in [0.25, 0.3) is 0 Å². The van der Waals surface area contributed by atoms with Crippen LogP contribution < -0.4 is 5.46 Å². The highest BCUT2D eigenvalue weighted by Crippen LogP contribution is 2.18. The van der Waals surface area contributed by atoms with Crippen molar-refractivity contribution in [2.45, 2.75) is 18.1 Å². The largest absolute Gasteiger partial charge is 0.367 e. The fourth-order valence-corrected chi connectivity index (χ4v) is 1.79. The van der Waals surface area contributed by atoms with Crippen molar-refractivity contribution in [1.29, 1.82) is 0 Å². The molecule has 0 amide bonds. The number of thioether (sulfide) groups is 1. The van der Waals surface area contributed by atoms with Gasteiger partial charge in [-0.3, -0.25) is 0 Å². The predicted molar refractivity (Wildman–Crippen MR) is 60.1 cm³/mol. The molecule has 2 nitrogen and oxygen atoms in total. The molecular weight excluding hydrogens is 214 g/mol. The van der Waals surface area contributed by atoms with Crippen molar-refractivity contribution in [1.82, 2.24) is 0 Å². The first-order valence-corrected chi connectivity index (χ1v) is 5.59. The molecule has 0 heterocycles. The fraction of sp³-hybridized carbons (Fsp3) is 0.400. The van der Waals surface area contributed by atoms with Crippen molar-refractivity contribution in [3.05, 3.63) is 24.0 Å². The second kappa shape index (κ2) is 6.15. The lowest BCUT2D eigenvalue weighted by atomic mass is 9.96. The number of halogens is 1. The summed E-state index contributed by atoms with van der Waals surface area (Å²) in [5.41, 5.74) is 0.129. The van der Waals surface area contributed by atoms with Gasteiger partial charge >= 0.3 is 0 Å². The van der Waals surface area contributed by atoms with E-state index in [4.69, 9.17) is 12.6 Å². The number of hydrogen-bond acceptors (Lipinski definition) is 3. The molecule has 2 radical (unpaired) electrons. The molecule has 80 valence electrons. The molecule has 0 aromatic heterocycles. The van der Waals surface area contributed by atoms with Crippen LogP contribution in [-0.2, 0) is 4.74 Å². The van der Waals surface area contributed by atoms with Gasteiger partial charge in [-0.25, -0.2) is 4.39 Å². The maximum atomic E-state index is 13.0. The number of rotatable bonds is 5. The summed E-state index contributed by atoms with van der Waals surface area (Å²) in [6, 6.07) is 4.56. The van der Waals surface area contributed by atoms with Crippen molar-refractivity contribution in [2.24, 2.45) is 0 Å². The van der Waals surface area contributed by atoms with E-state index in [1.807, 2.05) is 0 Å². The second-order valence-corrected chi connectivity index (χ2v) is 4.00. The van der Waals surface area contributed by atoms with Gasteiger partial charge < -0.3 is 9.84 Å². The molecular formula is C10H12BFO2S. The van der Waals surface area contributed by atoms with E-state index < -0.39 is 12.1 Å². The molecule has 0 aliphatic rings. The van der Waals surface area contributed by atoms with Crippen LogP contribution in [0.1, 0.15) is 6.92 Å². The third-order valence-electron chi connectivity index (χ3n) is 1.72. The summed E-state index contributed by atoms with van der Waals surface area (Å²) >= 11 is 1.32. The molecule has 0 fully saturated rings. The van der Waals surface area contributed by atoms with E-state index in [2.05, 4.69) is 0 Å². The summed E-state index contributed by atoms with van der Waals surface area (Å²) in [6.07, 6.45) is -0.819. The second-order valence-electron chi connectivity index (χ2n) is 2.90. The molecule has 1 aromatic rings. The summed E-state index contributed by atoms with van der Waals surface area (Å²) in [4.78, 5) is 0.723. The zero-order valence-electron chi connectivity index (χ0n) is 8.44. The van der Waals surface area contributed by atoms with Crippen LogP contribution in [0.25, 0.3) is 0 Å². The lowest BCUT2D eigenvalue weighted by Crippen LogP contribution is -2.14. The van der Waals surface area contributed by atoms with Crippen molar-refractivity contribution in [2.75, 3.05) is 12.4 Å². The van der Waals surface area contributed by atoms with Gasteiger partial charge in [0.1, 0.15) is 13.7 Å². The van der Waals surface area contributed by atoms with Gasteiger partial charge in [0.05, 0.1) is 0 Å². The summed E-state index contributed by atoms with van der Waals surface area (Å²) in [6.45, 7) is 2.26. The van der Waals surface area contributed by atoms with E-state index in [0.717, 1.165) is 4.90 Å². The SMILES string of the molecule is [B]c1ccc(SCC(O)OCC)cc1F. The molecule has 5 heteroatoms. The predicted octanol–water partition coefficient (Wildman–Crippen LogP) is 1.07. The van der Waals surface area contributed by atoms with Crippen molar-refractivity contribution in [3.8, 4) is 0 Å². The van der Waals surface area contributed by atoms with E-state index in [9.17, 15) is 9.50 Å². The molecule has 1 unspecified atom stereocenters.